The molecule has 66 heavy (non-hydrogen) atoms. The molecular formula is C51H56FN3O11. The molecule has 1 saturated carbocycles. The van der Waals surface area contributed by atoms with Crippen LogP contribution in [0.15, 0.2) is 120 Å². The fraction of sp³-hybridized carbons (Fsp3) is 0.392. The Morgan fingerprint density at radius 1 is 0.985 bits per heavy atom. The van der Waals surface area contributed by atoms with Crippen molar-refractivity contribution in [1.82, 2.24) is 4.90 Å². The number of halogens is 1. The molecule has 2 aliphatic carbocycles. The van der Waals surface area contributed by atoms with E-state index < -0.39 is 34.6 Å². The number of aliphatic hydroxyl groups is 2. The van der Waals surface area contributed by atoms with Gasteiger partial charge in [-0.15, -0.1) is 6.58 Å². The third-order valence-corrected chi connectivity index (χ3v) is 12.6. The predicted molar refractivity (Wildman–Crippen MR) is 244 cm³/mol. The number of nitro groups is 1. The number of nitrogens with zero attached hydrogens (tertiary/aromatic N) is 3. The molecule has 1 heterocycles. The summed E-state index contributed by atoms with van der Waals surface area (Å²) >= 11 is 0. The van der Waals surface area contributed by atoms with Crippen LogP contribution in [0.5, 0.6) is 17.2 Å². The topological polar surface area (TPSA) is 179 Å². The van der Waals surface area contributed by atoms with E-state index in [2.05, 4.69) is 12.7 Å². The van der Waals surface area contributed by atoms with Crippen molar-refractivity contribution >= 4 is 23.8 Å². The van der Waals surface area contributed by atoms with Crippen molar-refractivity contribution in [3.63, 3.8) is 0 Å². The lowest BCUT2D eigenvalue weighted by molar-refractivity contribution is -0.384. The summed E-state index contributed by atoms with van der Waals surface area (Å²) in [6.45, 7) is 5.82. The lowest BCUT2D eigenvalue weighted by Gasteiger charge is -2.59. The number of nitro benzene ring substituents is 1. The molecule has 0 bridgehead atoms. The van der Waals surface area contributed by atoms with Gasteiger partial charge in [0, 0.05) is 55.4 Å². The van der Waals surface area contributed by atoms with E-state index in [4.69, 9.17) is 28.9 Å². The number of rotatable bonds is 22. The van der Waals surface area contributed by atoms with Gasteiger partial charge in [-0.1, -0.05) is 54.4 Å². The minimum absolute atomic E-state index is 0.0110. The number of unbranched alkanes of at least 4 members (excludes halogenated alkanes) is 2. The molecule has 0 spiro atoms. The standard InChI is InChI=1S/C51H56FN3O11/c1-3-26-63-51-47(54(50(59)62-4-2)31-34-14-18-38(52)19-15-34)30-45(53-64-33-35-16-20-39(21-17-35)55(60)61)43-28-37(11-5-7-24-56)42(13-6-8-25-57)48(49(43)51)44-29-41(22-23-46(44)66-51)65-40-12-9-10-36(27-40)32-58/h3,9-10,12,14-23,27-29,32,37,42,47-49,56-57H,1,4-8,11,13,24-26,30-31,33H2,2H3. The number of benzene rings is 4. The van der Waals surface area contributed by atoms with Gasteiger partial charge in [0.1, 0.15) is 42.0 Å². The Balaban J connectivity index is 1.44. The van der Waals surface area contributed by atoms with Crippen LogP contribution in [0.25, 0.3) is 0 Å². The zero-order valence-electron chi connectivity index (χ0n) is 37.0. The van der Waals surface area contributed by atoms with Crippen LogP contribution in [0, 0.1) is 33.7 Å². The van der Waals surface area contributed by atoms with E-state index in [0.29, 0.717) is 65.3 Å². The summed E-state index contributed by atoms with van der Waals surface area (Å²) in [4.78, 5) is 44.7. The number of hydrogen-bond donors (Lipinski definition) is 2. The molecule has 6 atom stereocenters. The average molecular weight is 906 g/mol. The highest BCUT2D eigenvalue weighted by atomic mass is 19.1. The van der Waals surface area contributed by atoms with E-state index in [0.717, 1.165) is 30.3 Å². The van der Waals surface area contributed by atoms with Gasteiger partial charge in [-0.2, -0.15) is 0 Å². The second-order valence-corrected chi connectivity index (χ2v) is 16.7. The van der Waals surface area contributed by atoms with Crippen molar-refractivity contribution in [3.8, 4) is 17.2 Å². The Bertz CT molecular complexity index is 2390. The van der Waals surface area contributed by atoms with E-state index in [9.17, 15) is 34.3 Å². The first-order chi connectivity index (χ1) is 32.1. The molecule has 15 heteroatoms. The number of aldehydes is 1. The monoisotopic (exact) mass is 905 g/mol. The molecule has 4 aromatic carbocycles. The van der Waals surface area contributed by atoms with Crippen LogP contribution in [-0.4, -0.2) is 76.4 Å². The Morgan fingerprint density at radius 2 is 1.71 bits per heavy atom. The maximum Gasteiger partial charge on any atom is 0.410 e. The number of amides is 1. The molecule has 348 valence electrons. The van der Waals surface area contributed by atoms with E-state index in [1.165, 1.54) is 24.3 Å². The van der Waals surface area contributed by atoms with Crippen LogP contribution in [0.3, 0.4) is 0 Å². The normalized spacial score (nSPS) is 22.2. The van der Waals surface area contributed by atoms with Crippen molar-refractivity contribution < 1.29 is 52.9 Å². The van der Waals surface area contributed by atoms with Crippen LogP contribution in [-0.2, 0) is 27.5 Å². The van der Waals surface area contributed by atoms with Gasteiger partial charge < -0.3 is 34.0 Å². The van der Waals surface area contributed by atoms with Gasteiger partial charge in [0.2, 0.25) is 5.79 Å². The van der Waals surface area contributed by atoms with Crippen molar-refractivity contribution in [2.75, 3.05) is 26.4 Å². The maximum atomic E-state index is 14.5. The van der Waals surface area contributed by atoms with Gasteiger partial charge in [-0.25, -0.2) is 9.18 Å². The summed E-state index contributed by atoms with van der Waals surface area (Å²) in [6, 6.07) is 23.4. The second-order valence-electron chi connectivity index (χ2n) is 16.7. The average Bonchev–Trinajstić information content (AvgIpc) is 3.32. The lowest BCUT2D eigenvalue weighted by atomic mass is 9.55. The second kappa shape index (κ2) is 22.2. The van der Waals surface area contributed by atoms with E-state index >= 15 is 0 Å². The molecular weight excluding hydrogens is 850 g/mol. The minimum atomic E-state index is -1.60. The first-order valence-corrected chi connectivity index (χ1v) is 22.5. The molecule has 4 aromatic rings. The van der Waals surface area contributed by atoms with Crippen molar-refractivity contribution in [2.45, 2.75) is 82.8 Å². The van der Waals surface area contributed by atoms with E-state index in [1.54, 1.807) is 72.5 Å². The first kappa shape index (κ1) is 47.5. The number of carbonyl (C=O) groups excluding carboxylic acids is 2. The highest BCUT2D eigenvalue weighted by Gasteiger charge is 2.65. The summed E-state index contributed by atoms with van der Waals surface area (Å²) in [5.74, 6) is -1.74. The van der Waals surface area contributed by atoms with Gasteiger partial charge in [-0.3, -0.25) is 19.8 Å². The van der Waals surface area contributed by atoms with Crippen molar-refractivity contribution in [3.05, 3.63) is 153 Å². The summed E-state index contributed by atoms with van der Waals surface area (Å²) < 4.78 is 40.8. The fourth-order valence-corrected chi connectivity index (χ4v) is 9.69. The molecule has 1 fully saturated rings. The molecule has 0 aromatic heterocycles. The molecule has 7 rings (SSSR count). The zero-order chi connectivity index (χ0) is 46.6. The van der Waals surface area contributed by atoms with Crippen LogP contribution < -0.4 is 9.47 Å². The number of allylic oxidation sites excluding steroid dienone is 1. The minimum Gasteiger partial charge on any atom is -0.459 e. The summed E-state index contributed by atoms with van der Waals surface area (Å²) in [6.07, 6.45) is 8.03. The predicted octanol–water partition coefficient (Wildman–Crippen LogP) is 9.83. The van der Waals surface area contributed by atoms with Crippen LogP contribution in [0.2, 0.25) is 0 Å². The van der Waals surface area contributed by atoms with Gasteiger partial charge >= 0.3 is 6.09 Å². The molecule has 1 aliphatic heterocycles. The first-order valence-electron chi connectivity index (χ1n) is 22.5. The number of ether oxygens (including phenoxy) is 4. The van der Waals surface area contributed by atoms with Gasteiger partial charge in [0.05, 0.1) is 29.8 Å². The smallest absolute Gasteiger partial charge is 0.410 e. The van der Waals surface area contributed by atoms with Gasteiger partial charge in [-0.05, 0) is 116 Å². The molecule has 0 saturated heterocycles. The SMILES string of the molecule is C=CCOC12Oc3ccc(Oc4cccc(C=O)c4)cc3C3C(CCCCO)C(CCCCO)C=C(C(=NOCc4ccc([N+](=O)[O-])cc4)CC1N(Cc1ccc(F)cc1)C(=O)OCC)C32. The quantitative estimate of drug-likeness (QED) is 0.0252. The number of aliphatic hydroxyl groups excluding tert-OH is 2. The summed E-state index contributed by atoms with van der Waals surface area (Å²) in [7, 11) is 0. The Hall–Kier alpha value is -6.42. The number of fused-ring (bicyclic) bond motifs is 2. The highest BCUT2D eigenvalue weighted by molar-refractivity contribution is 6.03. The third-order valence-electron chi connectivity index (χ3n) is 12.6. The number of hydrogen-bond acceptors (Lipinski definition) is 12. The maximum absolute atomic E-state index is 14.5. The van der Waals surface area contributed by atoms with Gasteiger partial charge in [0.25, 0.3) is 5.69 Å². The highest BCUT2D eigenvalue weighted by Crippen LogP contribution is 2.62. The summed E-state index contributed by atoms with van der Waals surface area (Å²) in [5, 5.41) is 36.1. The third kappa shape index (κ3) is 10.6. The molecule has 0 radical (unpaired) electrons. The van der Waals surface area contributed by atoms with Crippen LogP contribution >= 0.6 is 0 Å². The molecule has 6 unspecified atom stereocenters. The fourth-order valence-electron chi connectivity index (χ4n) is 9.69. The number of carbonyl (C=O) groups is 2. The van der Waals surface area contributed by atoms with E-state index in [-0.39, 0.29) is 69.4 Å². The van der Waals surface area contributed by atoms with Gasteiger partial charge in [0.15, 0.2) is 0 Å². The van der Waals surface area contributed by atoms with Crippen molar-refractivity contribution in [1.29, 1.82) is 0 Å². The van der Waals surface area contributed by atoms with Crippen molar-refractivity contribution in [2.24, 2.45) is 22.9 Å². The van der Waals surface area contributed by atoms with Crippen LogP contribution in [0.1, 0.15) is 84.8 Å². The van der Waals surface area contributed by atoms with E-state index in [1.807, 2.05) is 12.1 Å². The molecule has 3 aliphatic rings. The molecule has 2 N–H and O–H groups in total. The summed E-state index contributed by atoms with van der Waals surface area (Å²) in [5.41, 5.74) is 3.80. The number of non-ortho nitro benzene ring substituents is 1. The largest absolute Gasteiger partial charge is 0.459 e. The van der Waals surface area contributed by atoms with Crippen LogP contribution in [0.4, 0.5) is 14.9 Å². The molecule has 1 amide bonds. The molecule has 14 nitrogen and oxygen atoms in total. The zero-order valence-corrected chi connectivity index (χ0v) is 37.0. The Morgan fingerprint density at radius 3 is 2.41 bits per heavy atom. The Labute approximate surface area is 383 Å². The number of oxime groups is 1. The lowest BCUT2D eigenvalue weighted by Crippen LogP contribution is -2.70. The Kier molecular flexibility index (Phi) is 16.0.